The summed E-state index contributed by atoms with van der Waals surface area (Å²) in [5, 5.41) is 2.85. The summed E-state index contributed by atoms with van der Waals surface area (Å²) in [5.74, 6) is -0.311. The molecule has 1 fully saturated rings. The van der Waals surface area contributed by atoms with E-state index in [-0.39, 0.29) is 19.6 Å². The molecule has 8 nitrogen and oxygen atoms in total. The highest BCUT2D eigenvalue weighted by atomic mass is 32.2. The van der Waals surface area contributed by atoms with E-state index in [0.717, 1.165) is 16.1 Å². The summed E-state index contributed by atoms with van der Waals surface area (Å²) < 4.78 is 30.5. The molecule has 0 aliphatic carbocycles. The molecular weight excluding hydrogens is 406 g/mol. The van der Waals surface area contributed by atoms with Crippen molar-refractivity contribution in [3.63, 3.8) is 0 Å². The zero-order valence-electron chi connectivity index (χ0n) is 17.2. The summed E-state index contributed by atoms with van der Waals surface area (Å²) >= 11 is 0. The third-order valence-electron chi connectivity index (χ3n) is 5.12. The van der Waals surface area contributed by atoms with Crippen LogP contribution < -0.4 is 15.0 Å². The second kappa shape index (κ2) is 8.45. The summed E-state index contributed by atoms with van der Waals surface area (Å²) in [4.78, 5) is 27.6. The summed E-state index contributed by atoms with van der Waals surface area (Å²) in [6, 6.07) is 16.1. The second-order valence-electron chi connectivity index (χ2n) is 7.40. The van der Waals surface area contributed by atoms with E-state index in [4.69, 9.17) is 4.74 Å². The molecule has 0 bridgehead atoms. The number of carbonyl (C=O) groups excluding carboxylic acids is 2. The van der Waals surface area contributed by atoms with Gasteiger partial charge in [-0.25, -0.2) is 8.42 Å². The Morgan fingerprint density at radius 1 is 1.13 bits per heavy atom. The Bertz CT molecular complexity index is 1020. The van der Waals surface area contributed by atoms with Gasteiger partial charge in [-0.3, -0.25) is 14.5 Å². The molecule has 2 aromatic rings. The van der Waals surface area contributed by atoms with Gasteiger partial charge >= 0.3 is 0 Å². The highest BCUT2D eigenvalue weighted by Crippen LogP contribution is 2.31. The lowest BCUT2D eigenvalue weighted by Gasteiger charge is -2.46. The van der Waals surface area contributed by atoms with Gasteiger partial charge in [0.15, 0.2) is 0 Å². The molecule has 0 unspecified atom stereocenters. The highest BCUT2D eigenvalue weighted by molar-refractivity contribution is 7.88. The molecule has 1 heterocycles. The van der Waals surface area contributed by atoms with Crippen molar-refractivity contribution in [2.24, 2.45) is 0 Å². The van der Waals surface area contributed by atoms with Crippen LogP contribution in [-0.2, 0) is 26.2 Å². The summed E-state index contributed by atoms with van der Waals surface area (Å²) in [6.07, 6.45) is 1.03. The molecule has 3 rings (SSSR count). The van der Waals surface area contributed by atoms with Crippen LogP contribution in [-0.4, -0.2) is 56.5 Å². The van der Waals surface area contributed by atoms with Crippen LogP contribution in [0.1, 0.15) is 12.5 Å². The summed E-state index contributed by atoms with van der Waals surface area (Å²) in [7, 11) is -2.13. The Morgan fingerprint density at radius 3 is 2.33 bits per heavy atom. The van der Waals surface area contributed by atoms with Gasteiger partial charge in [0.05, 0.1) is 19.9 Å². The number of rotatable bonds is 6. The van der Waals surface area contributed by atoms with E-state index in [1.165, 1.54) is 12.0 Å². The van der Waals surface area contributed by atoms with E-state index in [0.29, 0.717) is 11.4 Å². The Hall–Kier alpha value is -2.91. The maximum atomic E-state index is 13.3. The first-order chi connectivity index (χ1) is 14.1. The van der Waals surface area contributed by atoms with Crippen LogP contribution in [0.2, 0.25) is 0 Å². The lowest BCUT2D eigenvalue weighted by molar-refractivity contribution is -0.133. The van der Waals surface area contributed by atoms with E-state index in [1.807, 2.05) is 30.3 Å². The highest BCUT2D eigenvalue weighted by Gasteiger charge is 2.50. The zero-order chi connectivity index (χ0) is 21.9. The number of piperazine rings is 1. The molecule has 9 heteroatoms. The topological polar surface area (TPSA) is 96.0 Å². The number of nitrogens with zero attached hydrogens (tertiary/aromatic N) is 2. The minimum Gasteiger partial charge on any atom is -0.497 e. The zero-order valence-corrected chi connectivity index (χ0v) is 18.0. The van der Waals surface area contributed by atoms with Gasteiger partial charge in [0, 0.05) is 18.8 Å². The lowest BCUT2D eigenvalue weighted by atomic mass is 9.94. The number of nitrogens with one attached hydrogen (secondary N) is 1. The van der Waals surface area contributed by atoms with Gasteiger partial charge in [-0.15, -0.1) is 0 Å². The molecule has 0 spiro atoms. The number of ether oxygens (including phenoxy) is 1. The van der Waals surface area contributed by atoms with Gasteiger partial charge in [-0.05, 0) is 36.8 Å². The van der Waals surface area contributed by atoms with Crippen LogP contribution >= 0.6 is 0 Å². The number of sulfonamides is 1. The standard InChI is InChI=1S/C21H25N3O5S/c1-21(20(26)22-13-16-7-5-4-6-8-16)15-23(30(3,27)28)14-19(25)24(21)17-9-11-18(29-2)12-10-17/h4-12H,13-15H2,1-3H3,(H,22,26)/t21-/m0/s1. The SMILES string of the molecule is COc1ccc(N2C(=O)CN(S(C)(=O)=O)C[C@@]2(C)C(=O)NCc2ccccc2)cc1. The molecule has 1 aliphatic rings. The van der Waals surface area contributed by atoms with Crippen molar-refractivity contribution in [1.82, 2.24) is 9.62 Å². The van der Waals surface area contributed by atoms with Crippen LogP contribution in [0, 0.1) is 0 Å². The maximum absolute atomic E-state index is 13.3. The average Bonchev–Trinajstić information content (AvgIpc) is 2.72. The largest absolute Gasteiger partial charge is 0.497 e. The number of amides is 2. The third kappa shape index (κ3) is 4.47. The van der Waals surface area contributed by atoms with Crippen molar-refractivity contribution in [3.8, 4) is 5.75 Å². The molecule has 0 radical (unpaired) electrons. The Labute approximate surface area is 176 Å². The molecule has 0 aromatic heterocycles. The van der Waals surface area contributed by atoms with Gasteiger partial charge in [0.1, 0.15) is 11.3 Å². The fourth-order valence-corrected chi connectivity index (χ4v) is 4.33. The molecule has 2 aromatic carbocycles. The molecule has 1 atom stereocenters. The molecule has 1 saturated heterocycles. The van der Waals surface area contributed by atoms with Crippen molar-refractivity contribution in [3.05, 3.63) is 60.2 Å². The van der Waals surface area contributed by atoms with Gasteiger partial charge in [0.2, 0.25) is 21.8 Å². The number of benzene rings is 2. The molecule has 1 N–H and O–H groups in total. The van der Waals surface area contributed by atoms with Crippen LogP contribution in [0.15, 0.2) is 54.6 Å². The smallest absolute Gasteiger partial charge is 0.247 e. The maximum Gasteiger partial charge on any atom is 0.247 e. The Balaban J connectivity index is 1.95. The van der Waals surface area contributed by atoms with E-state index in [1.54, 1.807) is 31.2 Å². The van der Waals surface area contributed by atoms with Gasteiger partial charge < -0.3 is 10.1 Å². The van der Waals surface area contributed by atoms with E-state index in [2.05, 4.69) is 5.32 Å². The van der Waals surface area contributed by atoms with Crippen molar-refractivity contribution in [1.29, 1.82) is 0 Å². The van der Waals surface area contributed by atoms with Gasteiger partial charge in [0.25, 0.3) is 0 Å². The first-order valence-electron chi connectivity index (χ1n) is 9.39. The van der Waals surface area contributed by atoms with E-state index in [9.17, 15) is 18.0 Å². The quantitative estimate of drug-likeness (QED) is 0.746. The monoisotopic (exact) mass is 431 g/mol. The minimum absolute atomic E-state index is 0.149. The Morgan fingerprint density at radius 2 is 1.77 bits per heavy atom. The summed E-state index contributed by atoms with van der Waals surface area (Å²) in [6.45, 7) is 1.36. The summed E-state index contributed by atoms with van der Waals surface area (Å²) in [5.41, 5.74) is -0.0409. The number of anilines is 1. The van der Waals surface area contributed by atoms with E-state index < -0.39 is 27.4 Å². The van der Waals surface area contributed by atoms with Crippen LogP contribution in [0.4, 0.5) is 5.69 Å². The van der Waals surface area contributed by atoms with Gasteiger partial charge in [-0.1, -0.05) is 30.3 Å². The Kier molecular flexibility index (Phi) is 6.14. The van der Waals surface area contributed by atoms with Crippen molar-refractivity contribution >= 4 is 27.5 Å². The molecule has 160 valence electrons. The van der Waals surface area contributed by atoms with Crippen LogP contribution in [0.5, 0.6) is 5.75 Å². The fourth-order valence-electron chi connectivity index (χ4n) is 3.50. The molecular formula is C21H25N3O5S. The van der Waals surface area contributed by atoms with Crippen LogP contribution in [0.25, 0.3) is 0 Å². The first-order valence-corrected chi connectivity index (χ1v) is 11.2. The molecule has 30 heavy (non-hydrogen) atoms. The third-order valence-corrected chi connectivity index (χ3v) is 6.32. The second-order valence-corrected chi connectivity index (χ2v) is 9.38. The molecule has 2 amide bonds. The van der Waals surface area contributed by atoms with Crippen molar-refractivity contribution < 1.29 is 22.7 Å². The normalized spacial score (nSPS) is 20.1. The minimum atomic E-state index is -3.66. The van der Waals surface area contributed by atoms with Crippen LogP contribution in [0.3, 0.4) is 0 Å². The predicted octanol–water partition coefficient (Wildman–Crippen LogP) is 1.38. The number of hydrogen-bond acceptors (Lipinski definition) is 5. The first kappa shape index (κ1) is 21.8. The number of carbonyl (C=O) groups is 2. The number of methoxy groups -OCH3 is 1. The van der Waals surface area contributed by atoms with E-state index >= 15 is 0 Å². The van der Waals surface area contributed by atoms with Gasteiger partial charge in [-0.2, -0.15) is 4.31 Å². The predicted molar refractivity (Wildman–Crippen MR) is 114 cm³/mol. The fraction of sp³-hybridized carbons (Fsp3) is 0.333. The molecule has 0 saturated carbocycles. The molecule has 1 aliphatic heterocycles. The lowest BCUT2D eigenvalue weighted by Crippen LogP contribution is -2.70. The average molecular weight is 432 g/mol. The van der Waals surface area contributed by atoms with Crippen molar-refractivity contribution in [2.75, 3.05) is 31.4 Å². The van der Waals surface area contributed by atoms with Crippen molar-refractivity contribution in [2.45, 2.75) is 19.0 Å². The number of hydrogen-bond donors (Lipinski definition) is 1.